The third kappa shape index (κ3) is 9.89. The minimum atomic E-state index is -0.763. The zero-order valence-corrected chi connectivity index (χ0v) is 11.1. The quantitative estimate of drug-likeness (QED) is 0.438. The van der Waals surface area contributed by atoms with E-state index >= 15 is 0 Å². The van der Waals surface area contributed by atoms with Gasteiger partial charge in [0.15, 0.2) is 0 Å². The Kier molecular flexibility index (Phi) is 10.0. The van der Waals surface area contributed by atoms with Gasteiger partial charge in [-0.15, -0.1) is 0 Å². The molecule has 0 aliphatic carbocycles. The van der Waals surface area contributed by atoms with Crippen molar-refractivity contribution in [3.05, 3.63) is 0 Å². The number of carboxylic acid groups (broad SMARTS) is 1. The zero-order valence-electron chi connectivity index (χ0n) is 11.1. The SMILES string of the molecule is CCC(CCNC(=O)NCCCN)CCC(=O)O. The summed E-state index contributed by atoms with van der Waals surface area (Å²) in [4.78, 5) is 21.8. The lowest BCUT2D eigenvalue weighted by molar-refractivity contribution is -0.137. The van der Waals surface area contributed by atoms with E-state index in [-0.39, 0.29) is 12.5 Å². The lowest BCUT2D eigenvalue weighted by atomic mass is 9.97. The van der Waals surface area contributed by atoms with Gasteiger partial charge in [0.1, 0.15) is 0 Å². The maximum atomic E-state index is 11.3. The van der Waals surface area contributed by atoms with Crippen molar-refractivity contribution >= 4 is 12.0 Å². The third-order valence-corrected chi connectivity index (χ3v) is 2.85. The molecule has 0 aromatic heterocycles. The first kappa shape index (κ1) is 16.7. The molecule has 5 N–H and O–H groups in total. The minimum Gasteiger partial charge on any atom is -0.481 e. The number of nitrogens with one attached hydrogen (secondary N) is 2. The Morgan fingerprint density at radius 3 is 2.44 bits per heavy atom. The molecule has 18 heavy (non-hydrogen) atoms. The van der Waals surface area contributed by atoms with E-state index in [0.29, 0.717) is 32.0 Å². The maximum absolute atomic E-state index is 11.3. The molecular formula is C12H25N3O3. The Balaban J connectivity index is 3.59. The van der Waals surface area contributed by atoms with Crippen LogP contribution in [-0.4, -0.2) is 36.7 Å². The van der Waals surface area contributed by atoms with Crippen molar-refractivity contribution in [1.29, 1.82) is 0 Å². The van der Waals surface area contributed by atoms with Gasteiger partial charge in [-0.3, -0.25) is 4.79 Å². The smallest absolute Gasteiger partial charge is 0.314 e. The molecular weight excluding hydrogens is 234 g/mol. The number of carboxylic acids is 1. The Hall–Kier alpha value is -1.30. The van der Waals surface area contributed by atoms with Crippen LogP contribution in [0.15, 0.2) is 0 Å². The topological polar surface area (TPSA) is 104 Å². The molecule has 6 heteroatoms. The molecule has 0 fully saturated rings. The number of urea groups is 1. The van der Waals surface area contributed by atoms with Crippen molar-refractivity contribution in [3.63, 3.8) is 0 Å². The molecule has 0 heterocycles. The number of aliphatic carboxylic acids is 1. The molecule has 0 rings (SSSR count). The molecule has 0 saturated carbocycles. The molecule has 106 valence electrons. The maximum Gasteiger partial charge on any atom is 0.314 e. The normalized spacial score (nSPS) is 11.9. The summed E-state index contributed by atoms with van der Waals surface area (Å²) in [7, 11) is 0. The Labute approximate surface area is 108 Å². The Morgan fingerprint density at radius 2 is 1.89 bits per heavy atom. The summed E-state index contributed by atoms with van der Waals surface area (Å²) in [5.41, 5.74) is 5.31. The monoisotopic (exact) mass is 259 g/mol. The van der Waals surface area contributed by atoms with Crippen molar-refractivity contribution in [2.75, 3.05) is 19.6 Å². The van der Waals surface area contributed by atoms with Gasteiger partial charge >= 0.3 is 12.0 Å². The first-order valence-corrected chi connectivity index (χ1v) is 6.53. The second-order valence-electron chi connectivity index (χ2n) is 4.32. The van der Waals surface area contributed by atoms with Gasteiger partial charge in [-0.05, 0) is 31.7 Å². The van der Waals surface area contributed by atoms with Crippen molar-refractivity contribution in [1.82, 2.24) is 10.6 Å². The van der Waals surface area contributed by atoms with E-state index in [0.717, 1.165) is 19.3 Å². The highest BCUT2D eigenvalue weighted by atomic mass is 16.4. The van der Waals surface area contributed by atoms with Crippen LogP contribution in [0.5, 0.6) is 0 Å². The van der Waals surface area contributed by atoms with Crippen LogP contribution in [-0.2, 0) is 4.79 Å². The molecule has 0 aromatic rings. The van der Waals surface area contributed by atoms with Crippen molar-refractivity contribution in [2.45, 2.75) is 39.0 Å². The van der Waals surface area contributed by atoms with Gasteiger partial charge in [0.25, 0.3) is 0 Å². The van der Waals surface area contributed by atoms with Crippen molar-refractivity contribution in [2.24, 2.45) is 11.7 Å². The van der Waals surface area contributed by atoms with Crippen LogP contribution in [0.25, 0.3) is 0 Å². The van der Waals surface area contributed by atoms with Crippen molar-refractivity contribution in [3.8, 4) is 0 Å². The molecule has 6 nitrogen and oxygen atoms in total. The molecule has 0 radical (unpaired) electrons. The summed E-state index contributed by atoms with van der Waals surface area (Å²) in [5, 5.41) is 14.1. The lowest BCUT2D eigenvalue weighted by Crippen LogP contribution is -2.37. The van der Waals surface area contributed by atoms with E-state index in [4.69, 9.17) is 10.8 Å². The number of carbonyl (C=O) groups excluding carboxylic acids is 1. The van der Waals surface area contributed by atoms with Gasteiger partial charge in [-0.25, -0.2) is 4.79 Å². The summed E-state index contributed by atoms with van der Waals surface area (Å²) in [6.45, 7) is 3.76. The molecule has 0 saturated heterocycles. The van der Waals surface area contributed by atoms with Crippen LogP contribution in [0.3, 0.4) is 0 Å². The van der Waals surface area contributed by atoms with E-state index in [1.165, 1.54) is 0 Å². The summed E-state index contributed by atoms with van der Waals surface area (Å²) in [6, 6.07) is -0.184. The Bertz CT molecular complexity index is 247. The van der Waals surface area contributed by atoms with Gasteiger partial charge < -0.3 is 21.5 Å². The number of rotatable bonds is 10. The van der Waals surface area contributed by atoms with Crippen LogP contribution < -0.4 is 16.4 Å². The first-order valence-electron chi connectivity index (χ1n) is 6.53. The van der Waals surface area contributed by atoms with Crippen LogP contribution in [0, 0.1) is 5.92 Å². The fourth-order valence-electron chi connectivity index (χ4n) is 1.64. The Morgan fingerprint density at radius 1 is 1.22 bits per heavy atom. The average Bonchev–Trinajstić information content (AvgIpc) is 2.33. The van der Waals surface area contributed by atoms with Gasteiger partial charge in [0.05, 0.1) is 0 Å². The molecule has 0 aliphatic heterocycles. The molecule has 0 aromatic carbocycles. The fourth-order valence-corrected chi connectivity index (χ4v) is 1.64. The largest absolute Gasteiger partial charge is 0.481 e. The number of hydrogen-bond donors (Lipinski definition) is 4. The number of carbonyl (C=O) groups is 2. The first-order chi connectivity index (χ1) is 8.60. The van der Waals surface area contributed by atoms with E-state index in [1.807, 2.05) is 6.92 Å². The van der Waals surface area contributed by atoms with Gasteiger partial charge in [-0.2, -0.15) is 0 Å². The van der Waals surface area contributed by atoms with E-state index in [1.54, 1.807) is 0 Å². The van der Waals surface area contributed by atoms with Crippen LogP contribution in [0.2, 0.25) is 0 Å². The molecule has 1 unspecified atom stereocenters. The highest BCUT2D eigenvalue weighted by molar-refractivity contribution is 5.73. The molecule has 2 amide bonds. The van der Waals surface area contributed by atoms with E-state index in [2.05, 4.69) is 10.6 Å². The summed E-state index contributed by atoms with van der Waals surface area (Å²) < 4.78 is 0. The summed E-state index contributed by atoms with van der Waals surface area (Å²) in [5.74, 6) is -0.411. The minimum absolute atomic E-state index is 0.184. The van der Waals surface area contributed by atoms with Crippen LogP contribution in [0.4, 0.5) is 4.79 Å². The van der Waals surface area contributed by atoms with E-state index < -0.39 is 5.97 Å². The molecule has 0 spiro atoms. The van der Waals surface area contributed by atoms with Crippen molar-refractivity contribution < 1.29 is 14.7 Å². The van der Waals surface area contributed by atoms with Gasteiger partial charge in [0, 0.05) is 19.5 Å². The molecule has 1 atom stereocenters. The number of hydrogen-bond acceptors (Lipinski definition) is 3. The van der Waals surface area contributed by atoms with Crippen LogP contribution in [0.1, 0.15) is 39.0 Å². The highest BCUT2D eigenvalue weighted by Crippen LogP contribution is 2.14. The summed E-state index contributed by atoms with van der Waals surface area (Å²) >= 11 is 0. The number of nitrogens with two attached hydrogens (primary N) is 1. The van der Waals surface area contributed by atoms with Crippen LogP contribution >= 0.6 is 0 Å². The average molecular weight is 259 g/mol. The van der Waals surface area contributed by atoms with E-state index in [9.17, 15) is 9.59 Å². The highest BCUT2D eigenvalue weighted by Gasteiger charge is 2.09. The fraction of sp³-hybridized carbons (Fsp3) is 0.833. The third-order valence-electron chi connectivity index (χ3n) is 2.85. The lowest BCUT2D eigenvalue weighted by Gasteiger charge is -2.14. The number of amides is 2. The second-order valence-corrected chi connectivity index (χ2v) is 4.32. The van der Waals surface area contributed by atoms with Gasteiger partial charge in [-0.1, -0.05) is 13.3 Å². The summed E-state index contributed by atoms with van der Waals surface area (Å²) in [6.07, 6.45) is 3.38. The second kappa shape index (κ2) is 10.8. The van der Waals surface area contributed by atoms with Gasteiger partial charge in [0.2, 0.25) is 0 Å². The standard InChI is InChI=1S/C12H25N3O3/c1-2-10(4-5-11(16)17)6-9-15-12(18)14-8-3-7-13/h10H,2-9,13H2,1H3,(H,16,17)(H2,14,15,18). The molecule has 0 aliphatic rings. The predicted molar refractivity (Wildman–Crippen MR) is 70.3 cm³/mol. The zero-order chi connectivity index (χ0) is 13.8. The predicted octanol–water partition coefficient (Wildman–Crippen LogP) is 0.916. The molecule has 0 bridgehead atoms.